The molecular formula is C19H29ClN2OS. The second-order valence-electron chi connectivity index (χ2n) is 7.06. The molecule has 1 N–H and O–H groups in total. The first kappa shape index (κ1) is 19.6. The van der Waals surface area contributed by atoms with E-state index in [2.05, 4.69) is 30.1 Å². The van der Waals surface area contributed by atoms with Crippen LogP contribution < -0.4 is 5.32 Å². The zero-order valence-electron chi connectivity index (χ0n) is 14.7. The van der Waals surface area contributed by atoms with Gasteiger partial charge in [0.25, 0.3) is 5.91 Å². The molecule has 134 valence electrons. The Morgan fingerprint density at radius 2 is 2.04 bits per heavy atom. The summed E-state index contributed by atoms with van der Waals surface area (Å²) in [5.74, 6) is 0.943. The smallest absolute Gasteiger partial charge is 0.255 e. The van der Waals surface area contributed by atoms with Gasteiger partial charge in [-0.2, -0.15) is 0 Å². The van der Waals surface area contributed by atoms with Gasteiger partial charge in [0.05, 0.1) is 5.56 Å². The van der Waals surface area contributed by atoms with Crippen molar-refractivity contribution in [1.82, 2.24) is 10.2 Å². The molecule has 0 unspecified atom stereocenters. The van der Waals surface area contributed by atoms with Crippen molar-refractivity contribution in [3.8, 4) is 0 Å². The van der Waals surface area contributed by atoms with Gasteiger partial charge >= 0.3 is 0 Å². The lowest BCUT2D eigenvalue weighted by Crippen LogP contribution is -2.45. The van der Waals surface area contributed by atoms with Crippen LogP contribution in [0.2, 0.25) is 0 Å². The zero-order valence-corrected chi connectivity index (χ0v) is 16.3. The van der Waals surface area contributed by atoms with Gasteiger partial charge in [0, 0.05) is 29.3 Å². The van der Waals surface area contributed by atoms with Gasteiger partial charge in [-0.1, -0.05) is 32.4 Å². The summed E-state index contributed by atoms with van der Waals surface area (Å²) in [5, 5.41) is 3.90. The number of nitrogens with zero attached hydrogens (tertiary/aromatic N) is 1. The van der Waals surface area contributed by atoms with Crippen molar-refractivity contribution < 1.29 is 4.79 Å². The van der Waals surface area contributed by atoms with E-state index in [1.54, 1.807) is 11.8 Å². The first-order valence-electron chi connectivity index (χ1n) is 8.92. The summed E-state index contributed by atoms with van der Waals surface area (Å²) in [4.78, 5) is 16.6. The molecule has 2 fully saturated rings. The lowest BCUT2D eigenvalue weighted by atomic mass is 9.84. The molecule has 1 aromatic carbocycles. The van der Waals surface area contributed by atoms with Gasteiger partial charge < -0.3 is 10.2 Å². The van der Waals surface area contributed by atoms with Gasteiger partial charge in [0.2, 0.25) is 0 Å². The largest absolute Gasteiger partial charge is 0.334 e. The molecule has 1 aliphatic carbocycles. The van der Waals surface area contributed by atoms with E-state index in [0.717, 1.165) is 36.5 Å². The van der Waals surface area contributed by atoms with Gasteiger partial charge in [-0.3, -0.25) is 4.79 Å². The Labute approximate surface area is 156 Å². The topological polar surface area (TPSA) is 32.3 Å². The number of thioether (sulfide) groups is 1. The van der Waals surface area contributed by atoms with Crippen molar-refractivity contribution in [2.24, 2.45) is 5.92 Å². The zero-order chi connectivity index (χ0) is 16.2. The molecule has 3 nitrogen and oxygen atoms in total. The van der Waals surface area contributed by atoms with Crippen LogP contribution in [0.1, 0.15) is 49.9 Å². The highest BCUT2D eigenvalue weighted by atomic mass is 35.5. The maximum absolute atomic E-state index is 13.3. The van der Waals surface area contributed by atoms with Gasteiger partial charge in [-0.05, 0) is 43.9 Å². The third-order valence-electron chi connectivity index (χ3n) is 4.90. The number of nitrogens with one attached hydrogen (secondary N) is 1. The molecule has 1 saturated carbocycles. The van der Waals surface area contributed by atoms with Gasteiger partial charge in [0.15, 0.2) is 0 Å². The van der Waals surface area contributed by atoms with Crippen LogP contribution in [0.15, 0.2) is 29.2 Å². The molecule has 0 spiro atoms. The van der Waals surface area contributed by atoms with Crippen molar-refractivity contribution in [3.63, 3.8) is 0 Å². The fourth-order valence-electron chi connectivity index (χ4n) is 3.41. The quantitative estimate of drug-likeness (QED) is 0.763. The number of hydrogen-bond acceptors (Lipinski definition) is 3. The minimum Gasteiger partial charge on any atom is -0.334 e. The Morgan fingerprint density at radius 3 is 2.62 bits per heavy atom. The fourth-order valence-corrected chi connectivity index (χ4v) is 4.36. The Balaban J connectivity index is 0.00000208. The predicted octanol–water partition coefficient (Wildman–Crippen LogP) is 4.21. The summed E-state index contributed by atoms with van der Waals surface area (Å²) in [6, 6.07) is 8.48. The van der Waals surface area contributed by atoms with Crippen LogP contribution in [-0.4, -0.2) is 41.7 Å². The monoisotopic (exact) mass is 368 g/mol. The number of benzene rings is 1. The summed E-state index contributed by atoms with van der Waals surface area (Å²) in [5.41, 5.74) is 0.887. The third kappa shape index (κ3) is 4.68. The van der Waals surface area contributed by atoms with E-state index in [9.17, 15) is 4.79 Å². The predicted molar refractivity (Wildman–Crippen MR) is 104 cm³/mol. The second-order valence-corrected chi connectivity index (χ2v) is 8.68. The molecule has 1 saturated heterocycles. The summed E-state index contributed by atoms with van der Waals surface area (Å²) >= 11 is 1.79. The minimum atomic E-state index is 0. The van der Waals surface area contributed by atoms with Crippen LogP contribution in [0.5, 0.6) is 0 Å². The maximum atomic E-state index is 13.3. The highest BCUT2D eigenvalue weighted by Gasteiger charge is 2.32. The van der Waals surface area contributed by atoms with E-state index in [1.807, 2.05) is 18.2 Å². The second kappa shape index (κ2) is 9.12. The van der Waals surface area contributed by atoms with Crippen molar-refractivity contribution in [2.75, 3.05) is 19.6 Å². The molecule has 1 heterocycles. The van der Waals surface area contributed by atoms with Crippen molar-refractivity contribution in [2.45, 2.75) is 55.7 Å². The molecule has 0 radical (unpaired) electrons. The number of carbonyl (C=O) groups is 1. The first-order valence-corrected chi connectivity index (χ1v) is 9.80. The molecule has 1 aromatic rings. The van der Waals surface area contributed by atoms with Crippen LogP contribution in [0.25, 0.3) is 0 Å². The van der Waals surface area contributed by atoms with Crippen molar-refractivity contribution in [1.29, 1.82) is 0 Å². The molecular weight excluding hydrogens is 340 g/mol. The average molecular weight is 369 g/mol. The number of carbonyl (C=O) groups excluding carboxylic acids is 1. The van der Waals surface area contributed by atoms with E-state index < -0.39 is 0 Å². The van der Waals surface area contributed by atoms with Crippen LogP contribution >= 0.6 is 24.2 Å². The number of hydrogen-bond donors (Lipinski definition) is 1. The van der Waals surface area contributed by atoms with Crippen LogP contribution in [0, 0.1) is 5.92 Å². The summed E-state index contributed by atoms with van der Waals surface area (Å²) in [6.07, 6.45) is 4.98. The normalized spacial score (nSPS) is 20.5. The number of halogens is 1. The number of amides is 1. The highest BCUT2D eigenvalue weighted by molar-refractivity contribution is 8.00. The highest BCUT2D eigenvalue weighted by Crippen LogP contribution is 2.31. The Kier molecular flexibility index (Phi) is 7.45. The van der Waals surface area contributed by atoms with E-state index in [4.69, 9.17) is 0 Å². The van der Waals surface area contributed by atoms with E-state index in [0.29, 0.717) is 17.2 Å². The van der Waals surface area contributed by atoms with Crippen molar-refractivity contribution in [3.05, 3.63) is 29.8 Å². The minimum absolute atomic E-state index is 0. The third-order valence-corrected chi connectivity index (χ3v) is 5.98. The maximum Gasteiger partial charge on any atom is 0.255 e. The molecule has 5 heteroatoms. The Bertz CT molecular complexity index is 542. The molecule has 3 rings (SSSR count). The molecule has 2 aliphatic rings. The van der Waals surface area contributed by atoms with Crippen LogP contribution in [-0.2, 0) is 0 Å². The van der Waals surface area contributed by atoms with Gasteiger partial charge in [-0.25, -0.2) is 0 Å². The summed E-state index contributed by atoms with van der Waals surface area (Å²) < 4.78 is 0. The first-order chi connectivity index (χ1) is 11.1. The number of rotatable bonds is 6. The fraction of sp³-hybridized carbons (Fsp3) is 0.632. The van der Waals surface area contributed by atoms with E-state index in [-0.39, 0.29) is 18.3 Å². The van der Waals surface area contributed by atoms with Gasteiger partial charge in [-0.15, -0.1) is 24.2 Å². The van der Waals surface area contributed by atoms with Crippen LogP contribution in [0.3, 0.4) is 0 Å². The standard InChI is InChI=1S/C19H28N2OS.ClH/c1-14(2)23-18-9-4-3-8-17(18)19(22)21(13-15-6-5-7-15)16-10-11-20-12-16;/h3-4,8-9,14-16,20H,5-7,10-13H2,1-2H3;1H/t16-;/m0./s1. The molecule has 0 aromatic heterocycles. The lowest BCUT2D eigenvalue weighted by molar-refractivity contribution is 0.0612. The van der Waals surface area contributed by atoms with E-state index >= 15 is 0 Å². The average Bonchev–Trinajstić information content (AvgIpc) is 2.99. The Morgan fingerprint density at radius 1 is 1.29 bits per heavy atom. The molecule has 24 heavy (non-hydrogen) atoms. The lowest BCUT2D eigenvalue weighted by Gasteiger charge is -2.36. The summed E-state index contributed by atoms with van der Waals surface area (Å²) in [6.45, 7) is 7.27. The molecule has 1 amide bonds. The van der Waals surface area contributed by atoms with E-state index in [1.165, 1.54) is 19.3 Å². The molecule has 1 atom stereocenters. The molecule has 1 aliphatic heterocycles. The van der Waals surface area contributed by atoms with Gasteiger partial charge in [0.1, 0.15) is 0 Å². The summed E-state index contributed by atoms with van der Waals surface area (Å²) in [7, 11) is 0. The SMILES string of the molecule is CC(C)Sc1ccccc1C(=O)N(CC1CCC1)[C@H]1CCNC1.Cl. The Hall–Kier alpha value is -0.710. The van der Waals surface area contributed by atoms with Crippen LogP contribution in [0.4, 0.5) is 0 Å². The van der Waals surface area contributed by atoms with Crippen molar-refractivity contribution >= 4 is 30.1 Å². The molecule has 0 bridgehead atoms.